The fourth-order valence-electron chi connectivity index (χ4n) is 2.04. The van der Waals surface area contributed by atoms with Crippen LogP contribution in [-0.4, -0.2) is 23.8 Å². The van der Waals surface area contributed by atoms with E-state index in [0.29, 0.717) is 18.0 Å². The van der Waals surface area contributed by atoms with E-state index in [1.54, 1.807) is 6.92 Å². The molecule has 0 saturated heterocycles. The maximum Gasteiger partial charge on any atom is 0.126 e. The van der Waals surface area contributed by atoms with E-state index in [1.807, 2.05) is 0 Å². The summed E-state index contributed by atoms with van der Waals surface area (Å²) < 4.78 is 26.7. The molecule has 1 unspecified atom stereocenters. The van der Waals surface area contributed by atoms with E-state index in [2.05, 4.69) is 19.2 Å². The highest BCUT2D eigenvalue weighted by Gasteiger charge is 2.24. The molecular formula is C15H24F2N2O. The van der Waals surface area contributed by atoms with E-state index < -0.39 is 29.8 Å². The number of hydrogen-bond acceptors (Lipinski definition) is 3. The number of aliphatic hydroxyl groups is 1. The van der Waals surface area contributed by atoms with Gasteiger partial charge in [0.15, 0.2) is 0 Å². The molecule has 4 N–H and O–H groups in total. The van der Waals surface area contributed by atoms with Crippen LogP contribution in [0, 0.1) is 17.6 Å². The molecule has 0 fully saturated rings. The van der Waals surface area contributed by atoms with Gasteiger partial charge in [0.05, 0.1) is 12.1 Å². The molecule has 1 aromatic carbocycles. The van der Waals surface area contributed by atoms with Gasteiger partial charge < -0.3 is 16.2 Å². The summed E-state index contributed by atoms with van der Waals surface area (Å²) in [6.45, 7) is 6.42. The normalized spacial score (nSPS) is 16.2. The summed E-state index contributed by atoms with van der Waals surface area (Å²) in [4.78, 5) is 0. The molecule has 20 heavy (non-hydrogen) atoms. The van der Waals surface area contributed by atoms with Gasteiger partial charge in [-0.1, -0.05) is 13.8 Å². The van der Waals surface area contributed by atoms with Crippen molar-refractivity contribution in [3.05, 3.63) is 35.4 Å². The van der Waals surface area contributed by atoms with Gasteiger partial charge in [0.25, 0.3) is 0 Å². The monoisotopic (exact) mass is 286 g/mol. The van der Waals surface area contributed by atoms with Crippen LogP contribution in [0.25, 0.3) is 0 Å². The van der Waals surface area contributed by atoms with Crippen molar-refractivity contribution >= 4 is 0 Å². The summed E-state index contributed by atoms with van der Waals surface area (Å²) in [7, 11) is 0. The minimum Gasteiger partial charge on any atom is -0.392 e. The number of rotatable bonds is 7. The Balaban J connectivity index is 2.91. The Morgan fingerprint density at radius 2 is 1.70 bits per heavy atom. The van der Waals surface area contributed by atoms with Gasteiger partial charge in [-0.3, -0.25) is 0 Å². The third kappa shape index (κ3) is 5.15. The van der Waals surface area contributed by atoms with E-state index in [4.69, 9.17) is 5.73 Å². The third-order valence-corrected chi connectivity index (χ3v) is 3.27. The van der Waals surface area contributed by atoms with Crippen LogP contribution in [0.5, 0.6) is 0 Å². The van der Waals surface area contributed by atoms with Crippen molar-refractivity contribution in [2.45, 2.75) is 45.4 Å². The van der Waals surface area contributed by atoms with Gasteiger partial charge in [0.1, 0.15) is 11.6 Å². The van der Waals surface area contributed by atoms with Gasteiger partial charge in [-0.05, 0) is 43.5 Å². The highest BCUT2D eigenvalue weighted by Crippen LogP contribution is 2.21. The molecule has 0 amide bonds. The molecule has 0 aliphatic carbocycles. The van der Waals surface area contributed by atoms with Crippen LogP contribution in [0.3, 0.4) is 0 Å². The molecule has 5 heteroatoms. The maximum atomic E-state index is 13.3. The fourth-order valence-corrected chi connectivity index (χ4v) is 2.04. The minimum atomic E-state index is -0.780. The Kier molecular flexibility index (Phi) is 6.52. The molecule has 0 aliphatic rings. The van der Waals surface area contributed by atoms with Gasteiger partial charge in [-0.2, -0.15) is 0 Å². The summed E-state index contributed by atoms with van der Waals surface area (Å²) in [5.74, 6) is -0.780. The Hall–Kier alpha value is -1.04. The van der Waals surface area contributed by atoms with E-state index in [0.717, 1.165) is 12.5 Å². The Morgan fingerprint density at radius 1 is 1.15 bits per heavy atom. The first-order chi connectivity index (χ1) is 9.31. The second kappa shape index (κ2) is 7.67. The molecule has 0 bridgehead atoms. The maximum absolute atomic E-state index is 13.3. The van der Waals surface area contributed by atoms with E-state index in [9.17, 15) is 13.9 Å². The standard InChI is InChI=1S/C15H24F2N2O/c1-9(2)4-5-19-15(14(18)10(3)20)11-6-12(16)8-13(17)7-11/h6-10,14-15,19-20H,4-5,18H2,1-3H3/t10-,14-,15?/m1/s1. The van der Waals surface area contributed by atoms with Gasteiger partial charge >= 0.3 is 0 Å². The van der Waals surface area contributed by atoms with E-state index in [1.165, 1.54) is 12.1 Å². The zero-order valence-corrected chi connectivity index (χ0v) is 12.2. The zero-order chi connectivity index (χ0) is 15.3. The molecule has 3 atom stereocenters. The zero-order valence-electron chi connectivity index (χ0n) is 12.2. The van der Waals surface area contributed by atoms with Crippen molar-refractivity contribution in [2.75, 3.05) is 6.54 Å². The molecule has 0 saturated carbocycles. The largest absolute Gasteiger partial charge is 0.392 e. The molecule has 0 radical (unpaired) electrons. The molecule has 0 aromatic heterocycles. The summed E-state index contributed by atoms with van der Waals surface area (Å²) >= 11 is 0. The van der Waals surface area contributed by atoms with E-state index >= 15 is 0 Å². The lowest BCUT2D eigenvalue weighted by Crippen LogP contribution is -2.45. The van der Waals surface area contributed by atoms with Crippen molar-refractivity contribution in [1.82, 2.24) is 5.32 Å². The summed E-state index contributed by atoms with van der Waals surface area (Å²) in [5, 5.41) is 12.8. The first kappa shape index (κ1) is 17.0. The Bertz CT molecular complexity index is 404. The Labute approximate surface area is 119 Å². The Morgan fingerprint density at radius 3 is 2.15 bits per heavy atom. The second-order valence-electron chi connectivity index (χ2n) is 5.64. The summed E-state index contributed by atoms with van der Waals surface area (Å²) in [6.07, 6.45) is 0.138. The first-order valence-electron chi connectivity index (χ1n) is 6.94. The van der Waals surface area contributed by atoms with Crippen molar-refractivity contribution < 1.29 is 13.9 Å². The lowest BCUT2D eigenvalue weighted by Gasteiger charge is -2.28. The van der Waals surface area contributed by atoms with Crippen molar-refractivity contribution in [3.8, 4) is 0 Å². The van der Waals surface area contributed by atoms with Gasteiger partial charge in [0.2, 0.25) is 0 Å². The summed E-state index contributed by atoms with van der Waals surface area (Å²) in [5.41, 5.74) is 6.37. The third-order valence-electron chi connectivity index (χ3n) is 3.27. The molecule has 1 aromatic rings. The lowest BCUT2D eigenvalue weighted by atomic mass is 9.95. The quantitative estimate of drug-likeness (QED) is 0.721. The van der Waals surface area contributed by atoms with Crippen LogP contribution in [0.15, 0.2) is 18.2 Å². The molecule has 1 rings (SSSR count). The number of halogens is 2. The first-order valence-corrected chi connectivity index (χ1v) is 6.94. The highest BCUT2D eigenvalue weighted by molar-refractivity contribution is 5.23. The van der Waals surface area contributed by atoms with E-state index in [-0.39, 0.29) is 0 Å². The summed E-state index contributed by atoms with van der Waals surface area (Å²) in [6, 6.07) is 2.20. The smallest absolute Gasteiger partial charge is 0.126 e. The fraction of sp³-hybridized carbons (Fsp3) is 0.600. The predicted octanol–water partition coefficient (Wildman–Crippen LogP) is 2.35. The number of nitrogens with two attached hydrogens (primary N) is 1. The van der Waals surface area contributed by atoms with Crippen LogP contribution in [-0.2, 0) is 0 Å². The van der Waals surface area contributed by atoms with Crippen LogP contribution in [0.4, 0.5) is 8.78 Å². The van der Waals surface area contributed by atoms with Crippen LogP contribution in [0.1, 0.15) is 38.8 Å². The SMILES string of the molecule is CC(C)CCNC(c1cc(F)cc(F)c1)[C@H](N)[C@@H](C)O. The highest BCUT2D eigenvalue weighted by atomic mass is 19.1. The number of hydrogen-bond donors (Lipinski definition) is 3. The molecule has 0 aliphatic heterocycles. The topological polar surface area (TPSA) is 58.3 Å². The van der Waals surface area contributed by atoms with Crippen molar-refractivity contribution in [1.29, 1.82) is 0 Å². The molecule has 114 valence electrons. The van der Waals surface area contributed by atoms with Crippen LogP contribution >= 0.6 is 0 Å². The van der Waals surface area contributed by atoms with Gasteiger partial charge in [-0.15, -0.1) is 0 Å². The number of aliphatic hydroxyl groups excluding tert-OH is 1. The van der Waals surface area contributed by atoms with Crippen LogP contribution in [0.2, 0.25) is 0 Å². The molecular weight excluding hydrogens is 262 g/mol. The van der Waals surface area contributed by atoms with Crippen LogP contribution < -0.4 is 11.1 Å². The minimum absolute atomic E-state index is 0.416. The molecule has 3 nitrogen and oxygen atoms in total. The number of nitrogens with one attached hydrogen (secondary N) is 1. The number of benzene rings is 1. The average Bonchev–Trinajstić information content (AvgIpc) is 2.32. The van der Waals surface area contributed by atoms with Gasteiger partial charge in [-0.25, -0.2) is 8.78 Å². The van der Waals surface area contributed by atoms with Gasteiger partial charge in [0, 0.05) is 12.1 Å². The lowest BCUT2D eigenvalue weighted by molar-refractivity contribution is 0.142. The average molecular weight is 286 g/mol. The van der Waals surface area contributed by atoms with Crippen molar-refractivity contribution in [2.24, 2.45) is 11.7 Å². The van der Waals surface area contributed by atoms with Crippen molar-refractivity contribution in [3.63, 3.8) is 0 Å². The predicted molar refractivity (Wildman–Crippen MR) is 76.2 cm³/mol. The molecule has 0 heterocycles. The second-order valence-corrected chi connectivity index (χ2v) is 5.64. The molecule has 0 spiro atoms.